The maximum absolute atomic E-state index is 13.2. The van der Waals surface area contributed by atoms with Crippen LogP contribution in [0.4, 0.5) is 4.39 Å². The predicted octanol–water partition coefficient (Wildman–Crippen LogP) is 3.13. The fraction of sp³-hybridized carbons (Fsp3) is 0.357. The molecule has 100 valence electrons. The Kier molecular flexibility index (Phi) is 3.29. The third kappa shape index (κ3) is 2.80. The van der Waals surface area contributed by atoms with Crippen molar-refractivity contribution in [2.24, 2.45) is 7.05 Å². The molecule has 1 saturated carbocycles. The van der Waals surface area contributed by atoms with Crippen molar-refractivity contribution in [2.75, 3.05) is 0 Å². The first-order chi connectivity index (χ1) is 9.13. The second-order valence-electron chi connectivity index (χ2n) is 4.96. The standard InChI is InChI=1S/C14H15ClFN3/c1-19-8-10(7-17-11-3-4-11)14(18-19)9-2-5-13(16)12(15)6-9/h2,5-6,8,11,17H,3-4,7H2,1H3. The van der Waals surface area contributed by atoms with Crippen molar-refractivity contribution in [3.8, 4) is 11.3 Å². The highest BCUT2D eigenvalue weighted by atomic mass is 35.5. The SMILES string of the molecule is Cn1cc(CNC2CC2)c(-c2ccc(F)c(Cl)c2)n1. The normalized spacial score (nSPS) is 14.9. The lowest BCUT2D eigenvalue weighted by atomic mass is 10.1. The van der Waals surface area contributed by atoms with Crippen molar-refractivity contribution in [2.45, 2.75) is 25.4 Å². The zero-order valence-electron chi connectivity index (χ0n) is 10.7. The molecule has 3 rings (SSSR count). The number of hydrogen-bond acceptors (Lipinski definition) is 2. The quantitative estimate of drug-likeness (QED) is 0.932. The minimum atomic E-state index is -0.404. The van der Waals surface area contributed by atoms with Gasteiger partial charge in [-0.2, -0.15) is 5.10 Å². The van der Waals surface area contributed by atoms with Crippen molar-refractivity contribution < 1.29 is 4.39 Å². The second-order valence-corrected chi connectivity index (χ2v) is 5.37. The molecule has 0 unspecified atom stereocenters. The van der Waals surface area contributed by atoms with Crippen LogP contribution in [0.5, 0.6) is 0 Å². The highest BCUT2D eigenvalue weighted by Crippen LogP contribution is 2.27. The van der Waals surface area contributed by atoms with Gasteiger partial charge in [0.15, 0.2) is 0 Å². The van der Waals surface area contributed by atoms with Gasteiger partial charge >= 0.3 is 0 Å². The van der Waals surface area contributed by atoms with Crippen LogP contribution in [0.3, 0.4) is 0 Å². The molecule has 0 saturated heterocycles. The summed E-state index contributed by atoms with van der Waals surface area (Å²) < 4.78 is 15.0. The fourth-order valence-corrected chi connectivity index (χ4v) is 2.28. The van der Waals surface area contributed by atoms with Crippen LogP contribution in [0.2, 0.25) is 5.02 Å². The van der Waals surface area contributed by atoms with Crippen LogP contribution in [0.25, 0.3) is 11.3 Å². The number of nitrogens with one attached hydrogen (secondary N) is 1. The Balaban J connectivity index is 1.91. The van der Waals surface area contributed by atoms with Crippen molar-refractivity contribution >= 4 is 11.6 Å². The zero-order valence-corrected chi connectivity index (χ0v) is 11.4. The van der Waals surface area contributed by atoms with Crippen LogP contribution in [0.1, 0.15) is 18.4 Å². The van der Waals surface area contributed by atoms with E-state index in [1.54, 1.807) is 16.8 Å². The predicted molar refractivity (Wildman–Crippen MR) is 73.5 cm³/mol. The van der Waals surface area contributed by atoms with Crippen LogP contribution >= 0.6 is 11.6 Å². The van der Waals surface area contributed by atoms with Gasteiger partial charge in [0.05, 0.1) is 10.7 Å². The number of benzene rings is 1. The molecule has 1 heterocycles. The van der Waals surface area contributed by atoms with Crippen molar-refractivity contribution in [3.63, 3.8) is 0 Å². The molecular formula is C14H15ClFN3. The Hall–Kier alpha value is -1.39. The van der Waals surface area contributed by atoms with E-state index < -0.39 is 5.82 Å². The van der Waals surface area contributed by atoms with E-state index >= 15 is 0 Å². The van der Waals surface area contributed by atoms with E-state index in [2.05, 4.69) is 10.4 Å². The highest BCUT2D eigenvalue weighted by molar-refractivity contribution is 6.31. The first-order valence-electron chi connectivity index (χ1n) is 6.35. The molecule has 0 aliphatic heterocycles. The van der Waals surface area contributed by atoms with Gasteiger partial charge in [-0.05, 0) is 31.0 Å². The van der Waals surface area contributed by atoms with E-state index in [1.807, 2.05) is 13.2 Å². The summed E-state index contributed by atoms with van der Waals surface area (Å²) in [6.45, 7) is 0.781. The largest absolute Gasteiger partial charge is 0.310 e. The van der Waals surface area contributed by atoms with Crippen molar-refractivity contribution in [1.82, 2.24) is 15.1 Å². The van der Waals surface area contributed by atoms with Crippen molar-refractivity contribution in [3.05, 3.63) is 40.8 Å². The van der Waals surface area contributed by atoms with Gasteiger partial charge in [-0.15, -0.1) is 0 Å². The third-order valence-electron chi connectivity index (χ3n) is 3.26. The Labute approximate surface area is 116 Å². The number of aromatic nitrogens is 2. The summed E-state index contributed by atoms with van der Waals surface area (Å²) in [6, 6.07) is 5.36. The lowest BCUT2D eigenvalue weighted by Gasteiger charge is -2.04. The number of aryl methyl sites for hydroxylation is 1. The zero-order chi connectivity index (χ0) is 13.4. The van der Waals surface area contributed by atoms with Crippen LogP contribution in [0, 0.1) is 5.82 Å². The molecule has 1 aliphatic carbocycles. The summed E-state index contributed by atoms with van der Waals surface area (Å²) in [5.74, 6) is -0.404. The molecular weight excluding hydrogens is 265 g/mol. The summed E-state index contributed by atoms with van der Waals surface area (Å²) in [7, 11) is 1.88. The molecule has 1 fully saturated rings. The number of halogens is 2. The van der Waals surface area contributed by atoms with E-state index in [0.29, 0.717) is 6.04 Å². The van der Waals surface area contributed by atoms with E-state index in [-0.39, 0.29) is 5.02 Å². The number of nitrogens with zero attached hydrogens (tertiary/aromatic N) is 2. The lowest BCUT2D eigenvalue weighted by molar-refractivity contribution is 0.628. The summed E-state index contributed by atoms with van der Waals surface area (Å²) in [6.07, 6.45) is 4.48. The molecule has 5 heteroatoms. The van der Waals surface area contributed by atoms with E-state index in [0.717, 1.165) is 23.4 Å². The summed E-state index contributed by atoms with van der Waals surface area (Å²) in [5.41, 5.74) is 2.81. The lowest BCUT2D eigenvalue weighted by Crippen LogP contribution is -2.15. The minimum absolute atomic E-state index is 0.129. The molecule has 0 atom stereocenters. The van der Waals surface area contributed by atoms with Gasteiger partial charge < -0.3 is 5.32 Å². The second kappa shape index (κ2) is 4.94. The molecule has 1 N–H and O–H groups in total. The first-order valence-corrected chi connectivity index (χ1v) is 6.72. The maximum Gasteiger partial charge on any atom is 0.141 e. The Morgan fingerprint density at radius 2 is 2.26 bits per heavy atom. The van der Waals surface area contributed by atoms with Gasteiger partial charge in [0.2, 0.25) is 0 Å². The molecule has 1 aromatic heterocycles. The monoisotopic (exact) mass is 279 g/mol. The fourth-order valence-electron chi connectivity index (χ4n) is 2.10. The molecule has 2 aromatic rings. The van der Waals surface area contributed by atoms with Crippen LogP contribution in [0.15, 0.2) is 24.4 Å². The van der Waals surface area contributed by atoms with Gasteiger partial charge in [0.1, 0.15) is 5.82 Å². The molecule has 1 aliphatic rings. The summed E-state index contributed by atoms with van der Waals surface area (Å²) in [4.78, 5) is 0. The van der Waals surface area contributed by atoms with E-state index in [9.17, 15) is 4.39 Å². The van der Waals surface area contributed by atoms with Crippen LogP contribution < -0.4 is 5.32 Å². The van der Waals surface area contributed by atoms with Gasteiger partial charge in [-0.1, -0.05) is 11.6 Å². The van der Waals surface area contributed by atoms with Gasteiger partial charge in [-0.25, -0.2) is 4.39 Å². The molecule has 0 bridgehead atoms. The molecule has 0 radical (unpaired) electrons. The Bertz CT molecular complexity index is 605. The average Bonchev–Trinajstić information content (AvgIpc) is 3.13. The van der Waals surface area contributed by atoms with E-state index in [1.165, 1.54) is 18.9 Å². The van der Waals surface area contributed by atoms with E-state index in [4.69, 9.17) is 11.6 Å². The molecule has 1 aromatic carbocycles. The molecule has 0 amide bonds. The molecule has 19 heavy (non-hydrogen) atoms. The topological polar surface area (TPSA) is 29.9 Å². The average molecular weight is 280 g/mol. The van der Waals surface area contributed by atoms with Gasteiger partial charge in [-0.3, -0.25) is 4.68 Å². The van der Waals surface area contributed by atoms with Crippen LogP contribution in [-0.2, 0) is 13.6 Å². The summed E-state index contributed by atoms with van der Waals surface area (Å²) in [5, 5.41) is 8.04. The van der Waals surface area contributed by atoms with Gasteiger partial charge in [0, 0.05) is 37.0 Å². The third-order valence-corrected chi connectivity index (χ3v) is 3.55. The minimum Gasteiger partial charge on any atom is -0.310 e. The number of hydrogen-bond donors (Lipinski definition) is 1. The first kappa shape index (κ1) is 12.6. The highest BCUT2D eigenvalue weighted by Gasteiger charge is 2.21. The van der Waals surface area contributed by atoms with Crippen molar-refractivity contribution in [1.29, 1.82) is 0 Å². The number of rotatable bonds is 4. The summed E-state index contributed by atoms with van der Waals surface area (Å²) >= 11 is 5.84. The Morgan fingerprint density at radius 1 is 1.47 bits per heavy atom. The molecule has 0 spiro atoms. The van der Waals surface area contributed by atoms with Crippen LogP contribution in [-0.4, -0.2) is 15.8 Å². The van der Waals surface area contributed by atoms with Gasteiger partial charge in [0.25, 0.3) is 0 Å². The molecule has 3 nitrogen and oxygen atoms in total. The smallest absolute Gasteiger partial charge is 0.141 e. The maximum atomic E-state index is 13.2. The Morgan fingerprint density at radius 3 is 2.95 bits per heavy atom.